The number of nitrogens with two attached hydrogens (primary N) is 1. The number of rotatable bonds is 8. The predicted octanol–water partition coefficient (Wildman–Crippen LogP) is -1.01. The number of nitrogen functional groups attached to an aromatic ring is 1. The highest BCUT2D eigenvalue weighted by Gasteiger charge is 2.51. The summed E-state index contributed by atoms with van der Waals surface area (Å²) >= 11 is 0.734. The van der Waals surface area contributed by atoms with Gasteiger partial charge in [0.15, 0.2) is 17.5 Å². The van der Waals surface area contributed by atoms with Crippen molar-refractivity contribution in [3.8, 4) is 22.5 Å². The van der Waals surface area contributed by atoms with Crippen molar-refractivity contribution in [3.63, 3.8) is 0 Å². The van der Waals surface area contributed by atoms with Gasteiger partial charge >= 0.3 is 0 Å². The molecule has 5 unspecified atom stereocenters. The van der Waals surface area contributed by atoms with Gasteiger partial charge in [-0.1, -0.05) is 22.2 Å². The molecule has 2 saturated heterocycles. The molecule has 20 heteroatoms. The van der Waals surface area contributed by atoms with Crippen LogP contribution in [-0.2, 0) is 9.47 Å². The van der Waals surface area contributed by atoms with Crippen LogP contribution in [0.2, 0.25) is 0 Å². The monoisotopic (exact) mass is 682 g/mol. The summed E-state index contributed by atoms with van der Waals surface area (Å²) in [7, 11) is 0. The van der Waals surface area contributed by atoms with Gasteiger partial charge < -0.3 is 45.8 Å². The molecule has 6 rings (SSSR count). The third-order valence-corrected chi connectivity index (χ3v) is 9.27. The smallest absolute Gasteiger partial charge is 0.194 e. The lowest BCUT2D eigenvalue weighted by atomic mass is 9.97. The minimum Gasteiger partial charge on any atom is -0.394 e. The summed E-state index contributed by atoms with van der Waals surface area (Å²) in [5.74, 6) is -4.30. The van der Waals surface area contributed by atoms with Gasteiger partial charge in [-0.15, -0.1) is 10.2 Å². The summed E-state index contributed by atoms with van der Waals surface area (Å²) in [5, 5.41) is 80.5. The Bertz CT molecular complexity index is 1680. The summed E-state index contributed by atoms with van der Waals surface area (Å²) in [5.41, 5.74) is 3.65. The van der Waals surface area contributed by atoms with Gasteiger partial charge in [0.1, 0.15) is 76.8 Å². The van der Waals surface area contributed by atoms with Crippen molar-refractivity contribution in [1.82, 2.24) is 35.0 Å². The number of hydrogen-bond acceptors (Lipinski definition) is 15. The van der Waals surface area contributed by atoms with Crippen LogP contribution in [-0.4, -0.2) is 126 Å². The number of pyridine rings is 1. The van der Waals surface area contributed by atoms with Gasteiger partial charge in [-0.05, 0) is 24.3 Å². The highest BCUT2D eigenvalue weighted by Crippen LogP contribution is 2.42. The van der Waals surface area contributed by atoms with Crippen molar-refractivity contribution in [2.75, 3.05) is 18.9 Å². The average Bonchev–Trinajstić information content (AvgIpc) is 3.74. The van der Waals surface area contributed by atoms with Crippen molar-refractivity contribution in [1.29, 1.82) is 0 Å². The van der Waals surface area contributed by atoms with Crippen molar-refractivity contribution in [3.05, 3.63) is 60.3 Å². The summed E-state index contributed by atoms with van der Waals surface area (Å²) in [4.78, 5) is 4.01. The fourth-order valence-electron chi connectivity index (χ4n) is 5.49. The Morgan fingerprint density at radius 1 is 0.745 bits per heavy atom. The third kappa shape index (κ3) is 6.30. The van der Waals surface area contributed by atoms with E-state index in [1.165, 1.54) is 17.1 Å². The van der Waals surface area contributed by atoms with Gasteiger partial charge in [0.05, 0.1) is 25.6 Å². The van der Waals surface area contributed by atoms with E-state index in [1.54, 1.807) is 12.1 Å². The second-order valence-corrected chi connectivity index (χ2v) is 12.1. The number of anilines is 1. The van der Waals surface area contributed by atoms with Gasteiger partial charge in [0, 0.05) is 17.3 Å². The molecule has 5 heterocycles. The molecule has 0 spiro atoms. The zero-order valence-corrected chi connectivity index (χ0v) is 24.8. The molecule has 0 aliphatic carbocycles. The largest absolute Gasteiger partial charge is 0.394 e. The van der Waals surface area contributed by atoms with E-state index in [0.29, 0.717) is 23.4 Å². The van der Waals surface area contributed by atoms with E-state index in [1.807, 2.05) is 0 Å². The van der Waals surface area contributed by atoms with E-state index < -0.39 is 90.2 Å². The first kappa shape index (κ1) is 33.2. The van der Waals surface area contributed by atoms with Crippen molar-refractivity contribution in [2.24, 2.45) is 0 Å². The highest BCUT2D eigenvalue weighted by molar-refractivity contribution is 8.00. The lowest BCUT2D eigenvalue weighted by Gasteiger charge is -2.46. The van der Waals surface area contributed by atoms with E-state index in [9.17, 15) is 43.8 Å². The fraction of sp³-hybridized carbons (Fsp3) is 0.444. The minimum atomic E-state index is -1.67. The topological polar surface area (TPSA) is 240 Å². The maximum Gasteiger partial charge on any atom is 0.194 e. The molecule has 4 aromatic rings. The van der Waals surface area contributed by atoms with Gasteiger partial charge in [-0.3, -0.25) is 0 Å². The highest BCUT2D eigenvalue weighted by atomic mass is 32.2. The number of benzene rings is 1. The summed E-state index contributed by atoms with van der Waals surface area (Å²) in [6, 6.07) is 2.06. The molecule has 252 valence electrons. The van der Waals surface area contributed by atoms with Crippen LogP contribution in [0.4, 0.5) is 19.0 Å². The lowest BCUT2D eigenvalue weighted by Crippen LogP contribution is -2.58. The average molecular weight is 683 g/mol. The Morgan fingerprint density at radius 2 is 1.23 bits per heavy atom. The van der Waals surface area contributed by atoms with E-state index in [4.69, 9.17) is 15.2 Å². The summed E-state index contributed by atoms with van der Waals surface area (Å²) in [6.45, 7) is -1.38. The Balaban J connectivity index is 1.25. The van der Waals surface area contributed by atoms with Crippen LogP contribution in [0, 0.1) is 17.5 Å². The summed E-state index contributed by atoms with van der Waals surface area (Å²) < 4.78 is 54.9. The molecule has 0 saturated carbocycles. The third-order valence-electron chi connectivity index (χ3n) is 7.96. The molecule has 3 aromatic heterocycles. The van der Waals surface area contributed by atoms with Crippen molar-refractivity contribution >= 4 is 17.6 Å². The van der Waals surface area contributed by atoms with Gasteiger partial charge in [0.2, 0.25) is 0 Å². The number of aromatic nitrogens is 7. The molecular formula is C27H29F3N8O8S. The van der Waals surface area contributed by atoms with Gasteiger partial charge in [0.25, 0.3) is 0 Å². The number of thioether (sulfide) groups is 1. The second kappa shape index (κ2) is 13.4. The van der Waals surface area contributed by atoms with Crippen LogP contribution in [0.5, 0.6) is 0 Å². The molecule has 8 N–H and O–H groups in total. The molecule has 10 atom stereocenters. The number of aliphatic hydroxyl groups is 6. The van der Waals surface area contributed by atoms with E-state index in [0.717, 1.165) is 22.6 Å². The SMILES string of the molecule is Nc1ccc(-c2cn(C3C(O)[C@@H](CO)OC(S[C@@H]4OC(CO)[C@H](O)C(n5cc(-c6cc(F)c(F)c(F)c6)nn5)[C@@H]4O)[C@@H]3O)nn2)cn1. The number of halogens is 3. The predicted molar refractivity (Wildman–Crippen MR) is 154 cm³/mol. The fourth-order valence-corrected chi connectivity index (χ4v) is 6.81. The Hall–Kier alpha value is -3.73. The maximum atomic E-state index is 13.8. The second-order valence-electron chi connectivity index (χ2n) is 10.9. The van der Waals surface area contributed by atoms with E-state index in [2.05, 4.69) is 25.6 Å². The quantitative estimate of drug-likeness (QED) is 0.110. The number of nitrogens with zero attached hydrogens (tertiary/aromatic N) is 7. The molecule has 0 amide bonds. The number of aliphatic hydroxyl groups excluding tert-OH is 6. The molecular weight excluding hydrogens is 653 g/mol. The number of hydrogen-bond donors (Lipinski definition) is 7. The first-order chi connectivity index (χ1) is 22.5. The van der Waals surface area contributed by atoms with Crippen LogP contribution in [0.25, 0.3) is 22.5 Å². The van der Waals surface area contributed by atoms with E-state index in [-0.39, 0.29) is 17.1 Å². The van der Waals surface area contributed by atoms with Crippen molar-refractivity contribution < 1.29 is 53.3 Å². The minimum absolute atomic E-state index is 0.117. The molecule has 0 radical (unpaired) electrons. The molecule has 16 nitrogen and oxygen atoms in total. The Kier molecular flexibility index (Phi) is 9.47. The molecule has 2 aliphatic heterocycles. The van der Waals surface area contributed by atoms with Crippen LogP contribution >= 0.6 is 11.8 Å². The zero-order chi connectivity index (χ0) is 33.6. The summed E-state index contributed by atoms with van der Waals surface area (Å²) in [6.07, 6.45) is -4.64. The van der Waals surface area contributed by atoms with Crippen LogP contribution in [0.3, 0.4) is 0 Å². The van der Waals surface area contributed by atoms with Gasteiger partial charge in [-0.25, -0.2) is 27.5 Å². The lowest BCUT2D eigenvalue weighted by molar-refractivity contribution is -0.189. The molecule has 47 heavy (non-hydrogen) atoms. The molecule has 1 aromatic carbocycles. The zero-order valence-electron chi connectivity index (χ0n) is 24.0. The van der Waals surface area contributed by atoms with Crippen LogP contribution in [0.1, 0.15) is 12.1 Å². The van der Waals surface area contributed by atoms with Crippen LogP contribution in [0.15, 0.2) is 42.9 Å². The first-order valence-corrected chi connectivity index (χ1v) is 15.1. The van der Waals surface area contributed by atoms with E-state index >= 15 is 0 Å². The number of ether oxygens (including phenoxy) is 2. The standard InChI is InChI=1S/C27H29F3N8O8S/c28-12-3-11(4-13(29)19(12)30)15-7-38(36-34-15)21-23(42)17(9-40)46-27(25(21)44)47-26-24(43)20(22(41)16(8-39)45-26)37-6-14(33-35-37)10-1-2-18(31)32-5-10/h1-7,16-17,20-27,39-44H,8-9H2,(H2,31,32)/t16-,17?,20?,21?,22?,23+,24-,25+,26?,27+/m1/s1. The Morgan fingerprint density at radius 3 is 1.68 bits per heavy atom. The molecule has 2 aliphatic rings. The maximum absolute atomic E-state index is 13.8. The van der Waals surface area contributed by atoms with Gasteiger partial charge in [-0.2, -0.15) is 0 Å². The Labute approximate surface area is 267 Å². The molecule has 0 bridgehead atoms. The first-order valence-electron chi connectivity index (χ1n) is 14.1. The normalized spacial score (nSPS) is 31.3. The molecule has 2 fully saturated rings. The van der Waals surface area contributed by atoms with Crippen LogP contribution < -0.4 is 5.73 Å². The van der Waals surface area contributed by atoms with Crippen molar-refractivity contribution in [2.45, 2.75) is 59.6 Å².